The minimum Gasteiger partial charge on any atom is -0.496 e. The zero-order valence-corrected chi connectivity index (χ0v) is 11.5. The Morgan fingerprint density at radius 2 is 2.17 bits per heavy atom. The molecule has 1 aliphatic carbocycles. The van der Waals surface area contributed by atoms with Crippen LogP contribution < -0.4 is 10.1 Å². The summed E-state index contributed by atoms with van der Waals surface area (Å²) >= 11 is 0. The Kier molecular flexibility index (Phi) is 3.60. The van der Waals surface area contributed by atoms with Crippen molar-refractivity contribution >= 4 is 5.91 Å². The first kappa shape index (κ1) is 12.9. The van der Waals surface area contributed by atoms with Gasteiger partial charge in [0.15, 0.2) is 0 Å². The van der Waals surface area contributed by atoms with E-state index in [1.165, 1.54) is 5.56 Å². The first-order chi connectivity index (χ1) is 8.52. The summed E-state index contributed by atoms with van der Waals surface area (Å²) in [4.78, 5) is 11.9. The molecule has 1 aliphatic rings. The molecule has 3 nitrogen and oxygen atoms in total. The van der Waals surface area contributed by atoms with Crippen LogP contribution in [0.3, 0.4) is 0 Å². The van der Waals surface area contributed by atoms with E-state index in [0.717, 1.165) is 17.7 Å². The van der Waals surface area contributed by atoms with E-state index in [-0.39, 0.29) is 17.9 Å². The lowest BCUT2D eigenvalue weighted by atomic mass is 10.0. The molecule has 0 saturated heterocycles. The lowest BCUT2D eigenvalue weighted by Gasteiger charge is -2.18. The number of hydrogen-bond donors (Lipinski definition) is 1. The highest BCUT2D eigenvalue weighted by atomic mass is 16.5. The second-order valence-electron chi connectivity index (χ2n) is 5.30. The van der Waals surface area contributed by atoms with Gasteiger partial charge in [0.1, 0.15) is 5.75 Å². The van der Waals surface area contributed by atoms with Gasteiger partial charge in [0.05, 0.1) is 13.2 Å². The Morgan fingerprint density at radius 1 is 1.50 bits per heavy atom. The fourth-order valence-electron chi connectivity index (χ4n) is 2.28. The maximum atomic E-state index is 11.9. The Balaban J connectivity index is 2.10. The molecule has 3 unspecified atom stereocenters. The minimum atomic E-state index is -0.0138. The van der Waals surface area contributed by atoms with Gasteiger partial charge in [-0.2, -0.15) is 0 Å². The lowest BCUT2D eigenvalue weighted by molar-refractivity contribution is -0.123. The van der Waals surface area contributed by atoms with Gasteiger partial charge in [-0.25, -0.2) is 0 Å². The highest BCUT2D eigenvalue weighted by Gasteiger charge is 2.39. The standard InChI is InChI=1S/C15H21NO2/c1-9-5-6-14(18-4)13(7-9)11(3)16-15(17)12-8-10(12)2/h5-7,10-12H,8H2,1-4H3,(H,16,17). The second-order valence-corrected chi connectivity index (χ2v) is 5.30. The van der Waals surface area contributed by atoms with Crippen LogP contribution in [0.4, 0.5) is 0 Å². The van der Waals surface area contributed by atoms with Crippen molar-refractivity contribution in [2.45, 2.75) is 33.2 Å². The van der Waals surface area contributed by atoms with Crippen LogP contribution in [0.5, 0.6) is 5.75 Å². The smallest absolute Gasteiger partial charge is 0.223 e. The van der Waals surface area contributed by atoms with Crippen LogP contribution >= 0.6 is 0 Å². The largest absolute Gasteiger partial charge is 0.496 e. The van der Waals surface area contributed by atoms with Gasteiger partial charge in [-0.05, 0) is 32.3 Å². The van der Waals surface area contributed by atoms with Crippen molar-refractivity contribution < 1.29 is 9.53 Å². The van der Waals surface area contributed by atoms with Crippen LogP contribution in [0, 0.1) is 18.8 Å². The zero-order valence-electron chi connectivity index (χ0n) is 11.5. The molecular weight excluding hydrogens is 226 g/mol. The Morgan fingerprint density at radius 3 is 2.72 bits per heavy atom. The average molecular weight is 247 g/mol. The highest BCUT2D eigenvalue weighted by Crippen LogP contribution is 2.38. The number of rotatable bonds is 4. The van der Waals surface area contributed by atoms with E-state index in [2.05, 4.69) is 18.3 Å². The summed E-state index contributed by atoms with van der Waals surface area (Å²) in [7, 11) is 1.66. The molecule has 1 saturated carbocycles. The molecule has 0 heterocycles. The Hall–Kier alpha value is -1.51. The van der Waals surface area contributed by atoms with Crippen molar-refractivity contribution in [2.75, 3.05) is 7.11 Å². The summed E-state index contributed by atoms with van der Waals surface area (Å²) in [5, 5.41) is 3.07. The zero-order chi connectivity index (χ0) is 13.3. The van der Waals surface area contributed by atoms with Crippen molar-refractivity contribution in [2.24, 2.45) is 11.8 Å². The van der Waals surface area contributed by atoms with Crippen molar-refractivity contribution in [3.63, 3.8) is 0 Å². The second kappa shape index (κ2) is 5.01. The lowest BCUT2D eigenvalue weighted by Crippen LogP contribution is -2.28. The minimum absolute atomic E-state index is 0.0138. The summed E-state index contributed by atoms with van der Waals surface area (Å²) in [6.45, 7) is 6.16. The quantitative estimate of drug-likeness (QED) is 0.888. The maximum Gasteiger partial charge on any atom is 0.223 e. The van der Waals surface area contributed by atoms with E-state index in [0.29, 0.717) is 5.92 Å². The van der Waals surface area contributed by atoms with Gasteiger partial charge in [-0.15, -0.1) is 0 Å². The molecule has 1 amide bonds. The monoisotopic (exact) mass is 247 g/mol. The van der Waals surface area contributed by atoms with Gasteiger partial charge in [-0.1, -0.05) is 24.6 Å². The predicted octanol–water partition coefficient (Wildman–Crippen LogP) is 2.84. The van der Waals surface area contributed by atoms with Gasteiger partial charge >= 0.3 is 0 Å². The molecule has 3 heteroatoms. The van der Waals surface area contributed by atoms with Gasteiger partial charge in [0.2, 0.25) is 5.91 Å². The summed E-state index contributed by atoms with van der Waals surface area (Å²) in [5.41, 5.74) is 2.21. The SMILES string of the molecule is COc1ccc(C)cc1C(C)NC(=O)C1CC1C. The van der Waals surface area contributed by atoms with Crippen molar-refractivity contribution in [3.8, 4) is 5.75 Å². The summed E-state index contributed by atoms with van der Waals surface area (Å²) in [6.07, 6.45) is 1.02. The molecule has 1 aromatic carbocycles. The van der Waals surface area contributed by atoms with E-state index >= 15 is 0 Å². The third-order valence-electron chi connectivity index (χ3n) is 3.66. The average Bonchev–Trinajstić information content (AvgIpc) is 3.06. The molecule has 0 aliphatic heterocycles. The van der Waals surface area contributed by atoms with Crippen LogP contribution in [-0.2, 0) is 4.79 Å². The summed E-state index contributed by atoms with van der Waals surface area (Å²) < 4.78 is 5.35. The molecule has 1 N–H and O–H groups in total. The maximum absolute atomic E-state index is 11.9. The molecule has 0 bridgehead atoms. The van der Waals surface area contributed by atoms with Crippen LogP contribution in [-0.4, -0.2) is 13.0 Å². The number of ether oxygens (including phenoxy) is 1. The Bertz CT molecular complexity index is 456. The number of benzene rings is 1. The molecule has 1 fully saturated rings. The number of amides is 1. The molecule has 0 spiro atoms. The number of carbonyl (C=O) groups excluding carboxylic acids is 1. The van der Waals surface area contributed by atoms with Gasteiger partial charge in [-0.3, -0.25) is 4.79 Å². The number of hydrogen-bond acceptors (Lipinski definition) is 2. The number of nitrogens with one attached hydrogen (secondary N) is 1. The number of carbonyl (C=O) groups is 1. The topological polar surface area (TPSA) is 38.3 Å². The van der Waals surface area contributed by atoms with Crippen LogP contribution in [0.2, 0.25) is 0 Å². The van der Waals surface area contributed by atoms with Crippen LogP contribution in [0.15, 0.2) is 18.2 Å². The molecule has 3 atom stereocenters. The number of methoxy groups -OCH3 is 1. The van der Waals surface area contributed by atoms with E-state index in [1.807, 2.05) is 26.0 Å². The summed E-state index contributed by atoms with van der Waals surface area (Å²) in [5.74, 6) is 1.75. The van der Waals surface area contributed by atoms with E-state index in [4.69, 9.17) is 4.74 Å². The molecule has 2 rings (SSSR count). The third kappa shape index (κ3) is 2.66. The van der Waals surface area contributed by atoms with Crippen molar-refractivity contribution in [1.82, 2.24) is 5.32 Å². The van der Waals surface area contributed by atoms with E-state index in [9.17, 15) is 4.79 Å². The fraction of sp³-hybridized carbons (Fsp3) is 0.533. The van der Waals surface area contributed by atoms with Crippen molar-refractivity contribution in [3.05, 3.63) is 29.3 Å². The van der Waals surface area contributed by atoms with Gasteiger partial charge in [0.25, 0.3) is 0 Å². The predicted molar refractivity (Wildman–Crippen MR) is 71.6 cm³/mol. The van der Waals surface area contributed by atoms with Crippen LogP contribution in [0.1, 0.15) is 37.4 Å². The normalized spacial score (nSPS) is 23.3. The third-order valence-corrected chi connectivity index (χ3v) is 3.66. The molecule has 18 heavy (non-hydrogen) atoms. The fourth-order valence-corrected chi connectivity index (χ4v) is 2.28. The van der Waals surface area contributed by atoms with E-state index in [1.54, 1.807) is 7.11 Å². The molecule has 0 radical (unpaired) electrons. The van der Waals surface area contributed by atoms with Crippen molar-refractivity contribution in [1.29, 1.82) is 0 Å². The first-order valence-corrected chi connectivity index (χ1v) is 6.48. The van der Waals surface area contributed by atoms with Crippen LogP contribution in [0.25, 0.3) is 0 Å². The van der Waals surface area contributed by atoms with E-state index < -0.39 is 0 Å². The highest BCUT2D eigenvalue weighted by molar-refractivity contribution is 5.81. The number of aryl methyl sites for hydroxylation is 1. The molecular formula is C15H21NO2. The Labute approximate surface area is 109 Å². The van der Waals surface area contributed by atoms with Gasteiger partial charge < -0.3 is 10.1 Å². The summed E-state index contributed by atoms with van der Waals surface area (Å²) in [6, 6.07) is 6.02. The molecule has 98 valence electrons. The molecule has 1 aromatic rings. The first-order valence-electron chi connectivity index (χ1n) is 6.48. The molecule has 0 aromatic heterocycles. The van der Waals surface area contributed by atoms with Gasteiger partial charge in [0, 0.05) is 11.5 Å².